The van der Waals surface area contributed by atoms with Crippen molar-refractivity contribution in [1.29, 1.82) is 0 Å². The third-order valence-electron chi connectivity index (χ3n) is 3.45. The fraction of sp³-hybridized carbons (Fsp3) is 0.538. The van der Waals surface area contributed by atoms with Crippen molar-refractivity contribution >= 4 is 0 Å². The van der Waals surface area contributed by atoms with E-state index in [1.54, 1.807) is 0 Å². The van der Waals surface area contributed by atoms with E-state index in [2.05, 4.69) is 10.1 Å². The molecule has 1 fully saturated rings. The highest BCUT2D eigenvalue weighted by molar-refractivity contribution is 5.32. The largest absolute Gasteiger partial charge is 0.573 e. The Labute approximate surface area is 114 Å². The molecule has 1 saturated heterocycles. The second kappa shape index (κ2) is 5.97. The standard InChI is InChI=1S/C13H16F4N2O/c14-11-2-1-9(20-13(15,16)17)7-10(11)12(18)8-3-5-19-6-4-8/h1-2,7-8,12,19H,3-6,18H2/t12-/m1/s1. The summed E-state index contributed by atoms with van der Waals surface area (Å²) in [6, 6.07) is 2.31. The number of alkyl halides is 3. The first kappa shape index (κ1) is 15.1. The van der Waals surface area contributed by atoms with E-state index in [4.69, 9.17) is 5.73 Å². The van der Waals surface area contributed by atoms with E-state index in [0.29, 0.717) is 0 Å². The SMILES string of the molecule is N[C@@H](c1cc(OC(F)(F)F)ccc1F)C1CCNCC1. The van der Waals surface area contributed by atoms with Gasteiger partial charge in [-0.15, -0.1) is 13.2 Å². The molecule has 20 heavy (non-hydrogen) atoms. The van der Waals surface area contributed by atoms with Crippen molar-refractivity contribution in [1.82, 2.24) is 5.32 Å². The normalized spacial score (nSPS) is 18.9. The first-order valence-electron chi connectivity index (χ1n) is 6.38. The second-order valence-corrected chi connectivity index (χ2v) is 4.84. The molecule has 0 saturated carbocycles. The van der Waals surface area contributed by atoms with Crippen molar-refractivity contribution in [2.24, 2.45) is 11.7 Å². The zero-order valence-electron chi connectivity index (χ0n) is 10.7. The van der Waals surface area contributed by atoms with Gasteiger partial charge in [0.25, 0.3) is 0 Å². The second-order valence-electron chi connectivity index (χ2n) is 4.84. The molecular formula is C13H16F4N2O. The Bertz CT molecular complexity index is 458. The Kier molecular flexibility index (Phi) is 4.49. The number of nitrogens with two attached hydrogens (primary N) is 1. The van der Waals surface area contributed by atoms with Crippen molar-refractivity contribution in [2.75, 3.05) is 13.1 Å². The van der Waals surface area contributed by atoms with E-state index in [-0.39, 0.29) is 11.5 Å². The number of nitrogens with one attached hydrogen (secondary N) is 1. The van der Waals surface area contributed by atoms with Crippen LogP contribution in [0.15, 0.2) is 18.2 Å². The van der Waals surface area contributed by atoms with Gasteiger partial charge >= 0.3 is 6.36 Å². The molecule has 0 aromatic heterocycles. The minimum atomic E-state index is -4.80. The maximum atomic E-state index is 13.8. The van der Waals surface area contributed by atoms with E-state index in [1.807, 2.05) is 0 Å². The molecule has 0 radical (unpaired) electrons. The van der Waals surface area contributed by atoms with Gasteiger partial charge in [-0.2, -0.15) is 0 Å². The summed E-state index contributed by atoms with van der Waals surface area (Å²) >= 11 is 0. The van der Waals surface area contributed by atoms with Crippen LogP contribution < -0.4 is 15.8 Å². The molecule has 112 valence electrons. The molecule has 1 aromatic rings. The van der Waals surface area contributed by atoms with Crippen LogP contribution in [0.2, 0.25) is 0 Å². The van der Waals surface area contributed by atoms with Crippen LogP contribution in [0, 0.1) is 11.7 Å². The molecule has 0 amide bonds. The lowest BCUT2D eigenvalue weighted by molar-refractivity contribution is -0.274. The van der Waals surface area contributed by atoms with Crippen LogP contribution in [-0.4, -0.2) is 19.5 Å². The molecule has 1 aliphatic rings. The zero-order valence-corrected chi connectivity index (χ0v) is 10.7. The third-order valence-corrected chi connectivity index (χ3v) is 3.45. The summed E-state index contributed by atoms with van der Waals surface area (Å²) in [5.41, 5.74) is 6.07. The number of hydrogen-bond acceptors (Lipinski definition) is 3. The summed E-state index contributed by atoms with van der Waals surface area (Å²) in [5, 5.41) is 3.16. The lowest BCUT2D eigenvalue weighted by atomic mass is 9.86. The maximum absolute atomic E-state index is 13.8. The van der Waals surface area contributed by atoms with Gasteiger partial charge in [-0.05, 0) is 50.0 Å². The van der Waals surface area contributed by atoms with Crippen LogP contribution >= 0.6 is 0 Å². The molecule has 3 nitrogen and oxygen atoms in total. The van der Waals surface area contributed by atoms with E-state index < -0.39 is 24.0 Å². The summed E-state index contributed by atoms with van der Waals surface area (Å²) in [6.07, 6.45) is -3.26. The third kappa shape index (κ3) is 3.83. The van der Waals surface area contributed by atoms with Crippen LogP contribution in [0.4, 0.5) is 17.6 Å². The number of hydrogen-bond donors (Lipinski definition) is 2. The van der Waals surface area contributed by atoms with Crippen LogP contribution in [0.5, 0.6) is 5.75 Å². The van der Waals surface area contributed by atoms with Gasteiger partial charge in [0.05, 0.1) is 0 Å². The van der Waals surface area contributed by atoms with Gasteiger partial charge in [-0.25, -0.2) is 4.39 Å². The Morgan fingerprint density at radius 3 is 2.50 bits per heavy atom. The molecule has 1 atom stereocenters. The molecule has 7 heteroatoms. The monoisotopic (exact) mass is 292 g/mol. The fourth-order valence-corrected chi connectivity index (χ4v) is 2.43. The lowest BCUT2D eigenvalue weighted by Crippen LogP contribution is -2.34. The van der Waals surface area contributed by atoms with Crippen LogP contribution in [0.25, 0.3) is 0 Å². The van der Waals surface area contributed by atoms with Crippen LogP contribution in [-0.2, 0) is 0 Å². The van der Waals surface area contributed by atoms with Gasteiger partial charge in [-0.1, -0.05) is 0 Å². The van der Waals surface area contributed by atoms with E-state index in [9.17, 15) is 17.6 Å². The molecule has 0 aliphatic carbocycles. The molecule has 0 bridgehead atoms. The highest BCUT2D eigenvalue weighted by Gasteiger charge is 2.32. The van der Waals surface area contributed by atoms with Gasteiger partial charge < -0.3 is 15.8 Å². The molecule has 1 aromatic carbocycles. The summed E-state index contributed by atoms with van der Waals surface area (Å²) in [4.78, 5) is 0. The maximum Gasteiger partial charge on any atom is 0.573 e. The smallest absolute Gasteiger partial charge is 0.406 e. The van der Waals surface area contributed by atoms with Crippen molar-refractivity contribution in [2.45, 2.75) is 25.2 Å². The van der Waals surface area contributed by atoms with Crippen molar-refractivity contribution in [3.8, 4) is 5.75 Å². The van der Waals surface area contributed by atoms with Gasteiger partial charge in [0, 0.05) is 11.6 Å². The zero-order chi connectivity index (χ0) is 14.8. The van der Waals surface area contributed by atoms with E-state index in [0.717, 1.165) is 44.1 Å². The summed E-state index contributed by atoms with van der Waals surface area (Å²) in [7, 11) is 0. The quantitative estimate of drug-likeness (QED) is 0.842. The number of piperidine rings is 1. The molecule has 0 spiro atoms. The topological polar surface area (TPSA) is 47.3 Å². The number of rotatable bonds is 3. The number of ether oxygens (including phenoxy) is 1. The summed E-state index contributed by atoms with van der Waals surface area (Å²) in [6.45, 7) is 1.55. The minimum absolute atomic E-state index is 0.0480. The molecule has 0 unspecified atom stereocenters. The Morgan fingerprint density at radius 1 is 1.25 bits per heavy atom. The Hall–Kier alpha value is -1.34. The lowest BCUT2D eigenvalue weighted by Gasteiger charge is -2.28. The first-order chi connectivity index (χ1) is 9.37. The van der Waals surface area contributed by atoms with Gasteiger partial charge in [-0.3, -0.25) is 0 Å². The number of halogens is 4. The first-order valence-corrected chi connectivity index (χ1v) is 6.38. The van der Waals surface area contributed by atoms with Gasteiger partial charge in [0.15, 0.2) is 0 Å². The van der Waals surface area contributed by atoms with E-state index >= 15 is 0 Å². The van der Waals surface area contributed by atoms with Gasteiger partial charge in [0.2, 0.25) is 0 Å². The van der Waals surface area contributed by atoms with Gasteiger partial charge in [0.1, 0.15) is 11.6 Å². The summed E-state index contributed by atoms with van der Waals surface area (Å²) < 4.78 is 54.1. The highest BCUT2D eigenvalue weighted by Crippen LogP contribution is 2.32. The van der Waals surface area contributed by atoms with Crippen molar-refractivity contribution in [3.05, 3.63) is 29.6 Å². The average Bonchev–Trinajstić information content (AvgIpc) is 2.40. The molecular weight excluding hydrogens is 276 g/mol. The Balaban J connectivity index is 2.18. The highest BCUT2D eigenvalue weighted by atomic mass is 19.4. The predicted molar refractivity (Wildman–Crippen MR) is 65.6 cm³/mol. The van der Waals surface area contributed by atoms with Crippen LogP contribution in [0.3, 0.4) is 0 Å². The van der Waals surface area contributed by atoms with Crippen LogP contribution in [0.1, 0.15) is 24.4 Å². The predicted octanol–water partition coefficient (Wildman–Crippen LogP) is 2.72. The Morgan fingerprint density at radius 2 is 1.90 bits per heavy atom. The minimum Gasteiger partial charge on any atom is -0.406 e. The molecule has 1 heterocycles. The fourth-order valence-electron chi connectivity index (χ4n) is 2.43. The summed E-state index contributed by atoms with van der Waals surface area (Å²) in [5.74, 6) is -1.00. The van der Waals surface area contributed by atoms with Crippen molar-refractivity contribution < 1.29 is 22.3 Å². The molecule has 3 N–H and O–H groups in total. The van der Waals surface area contributed by atoms with E-state index in [1.165, 1.54) is 0 Å². The molecule has 2 rings (SSSR count). The van der Waals surface area contributed by atoms with Crippen molar-refractivity contribution in [3.63, 3.8) is 0 Å². The average molecular weight is 292 g/mol. The number of benzene rings is 1. The molecule has 1 aliphatic heterocycles.